The molecule has 122 valence electrons. The second-order valence-corrected chi connectivity index (χ2v) is 8.78. The molecule has 0 radical (unpaired) electrons. The Balaban J connectivity index is 1.97. The zero-order chi connectivity index (χ0) is 17.1. The molecular weight excluding hydrogens is 500 g/mol. The van der Waals surface area contributed by atoms with Gasteiger partial charge in [0, 0.05) is 24.5 Å². The van der Waals surface area contributed by atoms with E-state index < -0.39 is 5.60 Å². The second-order valence-electron chi connectivity index (χ2n) is 6.16. The molecule has 0 aliphatic carbocycles. The summed E-state index contributed by atoms with van der Waals surface area (Å²) in [5, 5.41) is 0. The summed E-state index contributed by atoms with van der Waals surface area (Å²) in [6.45, 7) is 4.07. The van der Waals surface area contributed by atoms with Crippen molar-refractivity contribution in [1.82, 2.24) is 9.97 Å². The largest absolute Gasteiger partial charge is 0.481 e. The summed E-state index contributed by atoms with van der Waals surface area (Å²) in [6.07, 6.45) is 0. The number of halogens is 3. The van der Waals surface area contributed by atoms with Crippen molar-refractivity contribution in [3.05, 3.63) is 55.5 Å². The average Bonchev–Trinajstić information content (AvgIpc) is 2.92. The maximum atomic E-state index is 6.20. The lowest BCUT2D eigenvalue weighted by Crippen LogP contribution is -2.29. The molecule has 0 atom stereocenters. The summed E-state index contributed by atoms with van der Waals surface area (Å²) in [5.74, 6) is 1.66. The Kier molecular flexibility index (Phi) is 3.90. The molecule has 3 aromatic rings. The Morgan fingerprint density at radius 3 is 2.46 bits per heavy atom. The first-order valence-corrected chi connectivity index (χ1v) is 9.78. The van der Waals surface area contributed by atoms with Gasteiger partial charge in [-0.05, 0) is 76.0 Å². The minimum absolute atomic E-state index is 0.508. The van der Waals surface area contributed by atoms with Gasteiger partial charge in [-0.2, -0.15) is 0 Å². The maximum Gasteiger partial charge on any atom is 0.147 e. The summed E-state index contributed by atoms with van der Waals surface area (Å²) >= 11 is 10.7. The summed E-state index contributed by atoms with van der Waals surface area (Å²) in [7, 11) is 0. The van der Waals surface area contributed by atoms with Crippen LogP contribution in [0.4, 0.5) is 0 Å². The van der Waals surface area contributed by atoms with E-state index in [0.717, 1.165) is 47.5 Å². The van der Waals surface area contributed by atoms with E-state index >= 15 is 0 Å². The second kappa shape index (κ2) is 5.71. The number of aromatic amines is 1. The molecule has 1 aromatic heterocycles. The van der Waals surface area contributed by atoms with Crippen LogP contribution in [0.3, 0.4) is 0 Å². The number of imidazole rings is 1. The van der Waals surface area contributed by atoms with Gasteiger partial charge in [0.2, 0.25) is 0 Å². The van der Waals surface area contributed by atoms with Crippen LogP contribution in [0.1, 0.15) is 19.5 Å². The van der Waals surface area contributed by atoms with Crippen molar-refractivity contribution in [3.63, 3.8) is 0 Å². The number of rotatable bonds is 1. The summed E-state index contributed by atoms with van der Waals surface area (Å²) < 4.78 is 9.16. The molecule has 0 spiro atoms. The first kappa shape index (κ1) is 16.4. The predicted octanol–water partition coefficient (Wildman–Crippen LogP) is 6.66. The maximum absolute atomic E-state index is 6.20. The molecule has 0 saturated heterocycles. The van der Waals surface area contributed by atoms with Crippen molar-refractivity contribution in [2.24, 2.45) is 0 Å². The molecule has 6 heteroatoms. The van der Waals surface area contributed by atoms with E-state index in [2.05, 4.69) is 52.8 Å². The monoisotopic (exact) mass is 510 g/mol. The number of ether oxygens (including phenoxy) is 1. The van der Waals surface area contributed by atoms with Crippen LogP contribution in [0.5, 0.6) is 5.75 Å². The molecule has 24 heavy (non-hydrogen) atoms. The molecule has 4 rings (SSSR count). The zero-order valence-corrected chi connectivity index (χ0v) is 17.7. The Labute approximate surface area is 165 Å². The van der Waals surface area contributed by atoms with Crippen molar-refractivity contribution in [1.29, 1.82) is 0 Å². The summed E-state index contributed by atoms with van der Waals surface area (Å²) in [4.78, 5) is 8.36. The number of nitrogens with zero attached hydrogens (tertiary/aromatic N) is 1. The number of hydrogen-bond donors (Lipinski definition) is 1. The van der Waals surface area contributed by atoms with E-state index in [1.807, 2.05) is 50.2 Å². The van der Waals surface area contributed by atoms with E-state index in [4.69, 9.17) is 9.72 Å². The lowest BCUT2D eigenvalue weighted by molar-refractivity contribution is 0.101. The van der Waals surface area contributed by atoms with Gasteiger partial charge in [0.1, 0.15) is 22.9 Å². The molecule has 1 aliphatic heterocycles. The fourth-order valence-corrected chi connectivity index (χ4v) is 4.67. The van der Waals surface area contributed by atoms with Gasteiger partial charge >= 0.3 is 0 Å². The van der Waals surface area contributed by atoms with Crippen molar-refractivity contribution < 1.29 is 4.74 Å². The molecule has 3 nitrogen and oxygen atoms in total. The quantitative estimate of drug-likeness (QED) is 0.396. The first-order chi connectivity index (χ1) is 11.4. The van der Waals surface area contributed by atoms with E-state index in [-0.39, 0.29) is 0 Å². The van der Waals surface area contributed by atoms with Gasteiger partial charge in [0.25, 0.3) is 0 Å². The fourth-order valence-electron chi connectivity index (χ4n) is 2.96. The minimum atomic E-state index is -0.508. The third-order valence-electron chi connectivity index (χ3n) is 4.05. The molecule has 0 unspecified atom stereocenters. The third-order valence-corrected chi connectivity index (χ3v) is 5.87. The summed E-state index contributed by atoms with van der Waals surface area (Å²) in [5.41, 5.74) is 3.43. The third kappa shape index (κ3) is 2.55. The Morgan fingerprint density at radius 1 is 1.04 bits per heavy atom. The Morgan fingerprint density at radius 2 is 1.75 bits per heavy atom. The normalized spacial score (nSPS) is 14.7. The average molecular weight is 513 g/mol. The lowest BCUT2D eigenvalue weighted by atomic mass is 9.95. The molecular formula is C18H13Br3N2O. The number of benzene rings is 2. The first-order valence-electron chi connectivity index (χ1n) is 7.40. The van der Waals surface area contributed by atoms with Crippen molar-refractivity contribution >= 4 is 47.8 Å². The zero-order valence-electron chi connectivity index (χ0n) is 13.0. The smallest absolute Gasteiger partial charge is 0.147 e. The number of H-pyrrole nitrogens is 1. The van der Waals surface area contributed by atoms with Crippen LogP contribution < -0.4 is 4.74 Å². The highest BCUT2D eigenvalue weighted by molar-refractivity contribution is 9.11. The number of aromatic nitrogens is 2. The SMILES string of the molecule is CC1(C)Oc2cc(Br)ccc2-c2[nH]c(-c3c(Br)cccc3Br)nc21. The molecule has 0 bridgehead atoms. The molecule has 0 fully saturated rings. The number of hydrogen-bond acceptors (Lipinski definition) is 2. The standard InChI is InChI=1S/C18H13Br3N2O/c1-18(2)16-15(10-7-6-9(19)8-13(10)24-18)22-17(23-16)14-11(20)4-3-5-12(14)21/h3-8H,1-2H3,(H,22,23). The molecule has 0 amide bonds. The molecule has 1 aliphatic rings. The van der Waals surface area contributed by atoms with Gasteiger partial charge in [-0.1, -0.05) is 22.0 Å². The van der Waals surface area contributed by atoms with E-state index in [9.17, 15) is 0 Å². The van der Waals surface area contributed by atoms with E-state index in [1.165, 1.54) is 0 Å². The highest BCUT2D eigenvalue weighted by atomic mass is 79.9. The highest BCUT2D eigenvalue weighted by Crippen LogP contribution is 2.46. The highest BCUT2D eigenvalue weighted by Gasteiger charge is 2.36. The fraction of sp³-hybridized carbons (Fsp3) is 0.167. The number of fused-ring (bicyclic) bond motifs is 3. The van der Waals surface area contributed by atoms with Gasteiger partial charge in [-0.3, -0.25) is 0 Å². The topological polar surface area (TPSA) is 37.9 Å². The van der Waals surface area contributed by atoms with E-state index in [0.29, 0.717) is 0 Å². The predicted molar refractivity (Wildman–Crippen MR) is 106 cm³/mol. The molecule has 1 N–H and O–H groups in total. The lowest BCUT2D eigenvalue weighted by Gasteiger charge is -2.31. The van der Waals surface area contributed by atoms with Gasteiger partial charge in [0.15, 0.2) is 0 Å². The van der Waals surface area contributed by atoms with Crippen molar-refractivity contribution in [3.8, 4) is 28.4 Å². The van der Waals surface area contributed by atoms with Crippen molar-refractivity contribution in [2.75, 3.05) is 0 Å². The van der Waals surface area contributed by atoms with Crippen LogP contribution in [-0.2, 0) is 5.60 Å². The van der Waals surface area contributed by atoms with Crippen LogP contribution in [0, 0.1) is 0 Å². The van der Waals surface area contributed by atoms with Gasteiger partial charge < -0.3 is 9.72 Å². The van der Waals surface area contributed by atoms with Crippen LogP contribution in [0.2, 0.25) is 0 Å². The molecule has 2 heterocycles. The van der Waals surface area contributed by atoms with Crippen LogP contribution in [0.15, 0.2) is 49.8 Å². The number of nitrogens with one attached hydrogen (secondary N) is 1. The Hall–Kier alpha value is -1.11. The van der Waals surface area contributed by atoms with Crippen LogP contribution >= 0.6 is 47.8 Å². The van der Waals surface area contributed by atoms with Gasteiger partial charge in [-0.15, -0.1) is 0 Å². The molecule has 2 aromatic carbocycles. The van der Waals surface area contributed by atoms with Crippen LogP contribution in [0.25, 0.3) is 22.6 Å². The summed E-state index contributed by atoms with van der Waals surface area (Å²) in [6, 6.07) is 12.1. The Bertz CT molecular complexity index is 943. The van der Waals surface area contributed by atoms with Gasteiger partial charge in [-0.25, -0.2) is 4.98 Å². The van der Waals surface area contributed by atoms with E-state index in [1.54, 1.807) is 0 Å². The van der Waals surface area contributed by atoms with Gasteiger partial charge in [0.05, 0.1) is 5.69 Å². The minimum Gasteiger partial charge on any atom is -0.481 e. The van der Waals surface area contributed by atoms with Crippen molar-refractivity contribution in [2.45, 2.75) is 19.4 Å². The van der Waals surface area contributed by atoms with Crippen LogP contribution in [-0.4, -0.2) is 9.97 Å². The molecule has 0 saturated carbocycles.